The Balaban J connectivity index is 1.46. The van der Waals surface area contributed by atoms with Crippen molar-refractivity contribution in [2.75, 3.05) is 11.4 Å². The van der Waals surface area contributed by atoms with Crippen molar-refractivity contribution in [2.45, 2.75) is 38.3 Å². The Morgan fingerprint density at radius 3 is 3.04 bits per heavy atom. The first-order valence-electron chi connectivity index (χ1n) is 8.42. The zero-order valence-electron chi connectivity index (χ0n) is 13.4. The molecule has 1 fully saturated rings. The number of anilines is 1. The van der Waals surface area contributed by atoms with Crippen LogP contribution in [0.25, 0.3) is 0 Å². The van der Waals surface area contributed by atoms with Crippen LogP contribution in [-0.4, -0.2) is 34.0 Å². The molecule has 1 saturated heterocycles. The maximum Gasteiger partial charge on any atom is 0.251 e. The minimum atomic E-state index is -0.0861. The minimum absolute atomic E-state index is 0.0861. The molecule has 2 aliphatic rings. The molecule has 2 aromatic rings. The van der Waals surface area contributed by atoms with Gasteiger partial charge in [-0.3, -0.25) is 9.59 Å². The van der Waals surface area contributed by atoms with E-state index in [-0.39, 0.29) is 17.9 Å². The Labute approximate surface area is 140 Å². The molecule has 2 aliphatic heterocycles. The van der Waals surface area contributed by atoms with E-state index in [9.17, 15) is 9.59 Å². The lowest BCUT2D eigenvalue weighted by molar-refractivity contribution is -0.117. The van der Waals surface area contributed by atoms with Crippen LogP contribution in [0.1, 0.15) is 35.4 Å². The van der Waals surface area contributed by atoms with E-state index in [0.29, 0.717) is 12.0 Å². The summed E-state index contributed by atoms with van der Waals surface area (Å²) < 4.78 is 2.09. The van der Waals surface area contributed by atoms with Crippen LogP contribution in [0.5, 0.6) is 0 Å². The van der Waals surface area contributed by atoms with Gasteiger partial charge in [0.25, 0.3) is 5.91 Å². The Morgan fingerprint density at radius 1 is 1.29 bits per heavy atom. The van der Waals surface area contributed by atoms with E-state index in [1.54, 1.807) is 17.2 Å². The average molecular weight is 324 g/mol. The van der Waals surface area contributed by atoms with Gasteiger partial charge in [0.1, 0.15) is 5.82 Å². The molecule has 0 bridgehead atoms. The highest BCUT2D eigenvalue weighted by Crippen LogP contribution is 2.22. The maximum atomic E-state index is 12.6. The highest BCUT2D eigenvalue weighted by Gasteiger charge is 2.24. The van der Waals surface area contributed by atoms with Crippen molar-refractivity contribution >= 4 is 17.5 Å². The molecule has 1 N–H and O–H groups in total. The summed E-state index contributed by atoms with van der Waals surface area (Å²) in [6.45, 7) is 1.49. The number of nitrogens with zero attached hydrogens (tertiary/aromatic N) is 3. The van der Waals surface area contributed by atoms with Crippen molar-refractivity contribution in [2.24, 2.45) is 0 Å². The van der Waals surface area contributed by atoms with Crippen molar-refractivity contribution in [3.05, 3.63) is 48.0 Å². The molecular formula is C18H20N4O2. The number of carbonyl (C=O) groups is 2. The number of benzene rings is 1. The average Bonchev–Trinajstić information content (AvgIpc) is 3.23. The minimum Gasteiger partial charge on any atom is -0.347 e. The number of aryl methyl sites for hydroxylation is 1. The monoisotopic (exact) mass is 324 g/mol. The third kappa shape index (κ3) is 2.79. The van der Waals surface area contributed by atoms with Gasteiger partial charge in [-0.05, 0) is 31.0 Å². The molecule has 3 heterocycles. The fourth-order valence-corrected chi connectivity index (χ4v) is 3.49. The lowest BCUT2D eigenvalue weighted by Crippen LogP contribution is -2.41. The standard InChI is InChI=1S/C18H20N4O2/c23-17-5-2-9-22(17)15-4-1-3-13(11-15)18(24)20-14-6-7-16-19-8-10-21(16)12-14/h1,3-4,8,10-11,14H,2,5-7,9,12H2,(H,20,24)/t14-/m0/s1. The molecule has 2 amide bonds. The van der Waals surface area contributed by atoms with Crippen molar-refractivity contribution in [3.63, 3.8) is 0 Å². The number of hydrogen-bond acceptors (Lipinski definition) is 3. The van der Waals surface area contributed by atoms with Gasteiger partial charge in [-0.1, -0.05) is 6.07 Å². The first kappa shape index (κ1) is 14.9. The predicted octanol–water partition coefficient (Wildman–Crippen LogP) is 1.75. The van der Waals surface area contributed by atoms with Gasteiger partial charge < -0.3 is 14.8 Å². The summed E-state index contributed by atoms with van der Waals surface area (Å²) in [6.07, 6.45) is 6.99. The Bertz CT molecular complexity index is 783. The summed E-state index contributed by atoms with van der Waals surface area (Å²) in [7, 11) is 0. The van der Waals surface area contributed by atoms with Crippen molar-refractivity contribution in [1.82, 2.24) is 14.9 Å². The highest BCUT2D eigenvalue weighted by molar-refractivity contribution is 5.99. The van der Waals surface area contributed by atoms with Gasteiger partial charge >= 0.3 is 0 Å². The van der Waals surface area contributed by atoms with Crippen LogP contribution < -0.4 is 10.2 Å². The van der Waals surface area contributed by atoms with Crippen LogP contribution >= 0.6 is 0 Å². The van der Waals surface area contributed by atoms with E-state index < -0.39 is 0 Å². The van der Waals surface area contributed by atoms with Crippen LogP contribution in [0.4, 0.5) is 5.69 Å². The number of fused-ring (bicyclic) bond motifs is 1. The molecule has 0 saturated carbocycles. The van der Waals surface area contributed by atoms with E-state index in [4.69, 9.17) is 0 Å². The van der Waals surface area contributed by atoms with Crippen LogP contribution in [0.2, 0.25) is 0 Å². The van der Waals surface area contributed by atoms with Gasteiger partial charge in [0.05, 0.1) is 0 Å². The summed E-state index contributed by atoms with van der Waals surface area (Å²) in [6, 6.07) is 7.44. The summed E-state index contributed by atoms with van der Waals surface area (Å²) in [5.74, 6) is 1.12. The Hall–Kier alpha value is -2.63. The molecule has 0 aliphatic carbocycles. The maximum absolute atomic E-state index is 12.6. The fourth-order valence-electron chi connectivity index (χ4n) is 3.49. The largest absolute Gasteiger partial charge is 0.347 e. The molecule has 1 aromatic carbocycles. The molecular weight excluding hydrogens is 304 g/mol. The van der Waals surface area contributed by atoms with Crippen LogP contribution in [0.3, 0.4) is 0 Å². The number of rotatable bonds is 3. The van der Waals surface area contributed by atoms with Crippen molar-refractivity contribution < 1.29 is 9.59 Å². The number of carbonyl (C=O) groups excluding carboxylic acids is 2. The lowest BCUT2D eigenvalue weighted by Gasteiger charge is -2.25. The van der Waals surface area contributed by atoms with Crippen LogP contribution in [-0.2, 0) is 17.8 Å². The van der Waals surface area contributed by atoms with E-state index in [2.05, 4.69) is 14.9 Å². The van der Waals surface area contributed by atoms with Gasteiger partial charge in [0.15, 0.2) is 0 Å². The Morgan fingerprint density at radius 2 is 2.21 bits per heavy atom. The molecule has 1 atom stereocenters. The molecule has 0 spiro atoms. The van der Waals surface area contributed by atoms with Crippen molar-refractivity contribution in [3.8, 4) is 0 Å². The molecule has 124 valence electrons. The molecule has 1 aromatic heterocycles. The Kier molecular flexibility index (Phi) is 3.80. The van der Waals surface area contributed by atoms with E-state index in [1.807, 2.05) is 24.4 Å². The molecule has 6 nitrogen and oxygen atoms in total. The first-order valence-corrected chi connectivity index (χ1v) is 8.42. The SMILES string of the molecule is O=C(N[C@H]1CCc2nccn2C1)c1cccc(N2CCCC2=O)c1. The van der Waals surface area contributed by atoms with Gasteiger partial charge in [-0.15, -0.1) is 0 Å². The van der Waals surface area contributed by atoms with Gasteiger partial charge in [-0.2, -0.15) is 0 Å². The summed E-state index contributed by atoms with van der Waals surface area (Å²) in [4.78, 5) is 30.5. The second-order valence-electron chi connectivity index (χ2n) is 6.40. The number of amides is 2. The summed E-state index contributed by atoms with van der Waals surface area (Å²) >= 11 is 0. The van der Waals surface area contributed by atoms with Gasteiger partial charge in [0.2, 0.25) is 5.91 Å². The second-order valence-corrected chi connectivity index (χ2v) is 6.40. The second kappa shape index (κ2) is 6.11. The van der Waals surface area contributed by atoms with E-state index in [0.717, 1.165) is 43.9 Å². The fraction of sp³-hybridized carbons (Fsp3) is 0.389. The lowest BCUT2D eigenvalue weighted by atomic mass is 10.1. The third-order valence-corrected chi connectivity index (χ3v) is 4.76. The number of imidazole rings is 1. The first-order chi connectivity index (χ1) is 11.7. The number of aromatic nitrogens is 2. The number of hydrogen-bond donors (Lipinski definition) is 1. The quantitative estimate of drug-likeness (QED) is 0.935. The molecule has 0 radical (unpaired) electrons. The molecule has 6 heteroatoms. The molecule has 24 heavy (non-hydrogen) atoms. The smallest absolute Gasteiger partial charge is 0.251 e. The van der Waals surface area contributed by atoms with Gasteiger partial charge in [-0.25, -0.2) is 4.98 Å². The molecule has 0 unspecified atom stereocenters. The van der Waals surface area contributed by atoms with Crippen LogP contribution in [0, 0.1) is 0 Å². The van der Waals surface area contributed by atoms with Crippen molar-refractivity contribution in [1.29, 1.82) is 0 Å². The third-order valence-electron chi connectivity index (χ3n) is 4.76. The zero-order valence-corrected chi connectivity index (χ0v) is 13.4. The normalized spacial score (nSPS) is 20.1. The summed E-state index contributed by atoms with van der Waals surface area (Å²) in [5.41, 5.74) is 1.41. The highest BCUT2D eigenvalue weighted by atomic mass is 16.2. The van der Waals surface area contributed by atoms with E-state index >= 15 is 0 Å². The predicted molar refractivity (Wildman–Crippen MR) is 89.8 cm³/mol. The molecule has 4 rings (SSSR count). The van der Waals surface area contributed by atoms with E-state index in [1.165, 1.54) is 0 Å². The van der Waals surface area contributed by atoms with Gasteiger partial charge in [0, 0.05) is 55.6 Å². The topological polar surface area (TPSA) is 67.2 Å². The summed E-state index contributed by atoms with van der Waals surface area (Å²) in [5, 5.41) is 3.10. The van der Waals surface area contributed by atoms with Crippen LogP contribution in [0.15, 0.2) is 36.7 Å². The zero-order chi connectivity index (χ0) is 16.5. The number of nitrogens with one attached hydrogen (secondary N) is 1.